The predicted octanol–water partition coefficient (Wildman–Crippen LogP) is 1.97. The molecular weight excluding hydrogens is 322 g/mol. The van der Waals surface area contributed by atoms with Gasteiger partial charge < -0.3 is 15.7 Å². The third-order valence-electron chi connectivity index (χ3n) is 4.18. The van der Waals surface area contributed by atoms with Crippen LogP contribution in [0.3, 0.4) is 0 Å². The molecule has 0 bridgehead atoms. The van der Waals surface area contributed by atoms with Crippen LogP contribution in [0.15, 0.2) is 41.8 Å². The maximum absolute atomic E-state index is 11.8. The van der Waals surface area contributed by atoms with Crippen LogP contribution < -0.4 is 10.6 Å². The van der Waals surface area contributed by atoms with Crippen molar-refractivity contribution in [3.05, 3.63) is 57.8 Å². The van der Waals surface area contributed by atoms with Crippen molar-refractivity contribution in [3.8, 4) is 0 Å². The normalized spacial score (nSPS) is 15.5. The fraction of sp³-hybridized carbons (Fsp3) is 0.389. The van der Waals surface area contributed by atoms with Gasteiger partial charge in [0.25, 0.3) is 0 Å². The molecule has 1 aliphatic rings. The number of amides is 2. The van der Waals surface area contributed by atoms with E-state index in [2.05, 4.69) is 39.8 Å². The lowest BCUT2D eigenvalue weighted by Crippen LogP contribution is -2.44. The van der Waals surface area contributed by atoms with E-state index < -0.39 is 6.10 Å². The van der Waals surface area contributed by atoms with Crippen LogP contribution >= 0.6 is 11.3 Å². The molecule has 1 aromatic carbocycles. The van der Waals surface area contributed by atoms with E-state index in [-0.39, 0.29) is 12.6 Å². The number of nitrogens with zero attached hydrogens (tertiary/aromatic N) is 1. The predicted molar refractivity (Wildman–Crippen MR) is 96.0 cm³/mol. The number of hydrogen-bond donors (Lipinski definition) is 3. The van der Waals surface area contributed by atoms with Gasteiger partial charge in [0.05, 0.1) is 12.6 Å². The summed E-state index contributed by atoms with van der Waals surface area (Å²) in [5.41, 5.74) is 2.73. The number of carbonyl (C=O) groups excluding carboxylic acids is 1. The highest BCUT2D eigenvalue weighted by Crippen LogP contribution is 2.18. The number of nitrogens with one attached hydrogen (secondary N) is 2. The molecule has 2 heterocycles. The minimum atomic E-state index is -0.567. The Morgan fingerprint density at radius 2 is 2.04 bits per heavy atom. The molecule has 3 N–H and O–H groups in total. The first kappa shape index (κ1) is 17.0. The van der Waals surface area contributed by atoms with Crippen LogP contribution in [0.25, 0.3) is 0 Å². The second-order valence-electron chi connectivity index (χ2n) is 6.05. The molecule has 1 aromatic heterocycles. The summed E-state index contributed by atoms with van der Waals surface area (Å²) in [6.45, 7) is 3.15. The van der Waals surface area contributed by atoms with E-state index in [9.17, 15) is 9.90 Å². The minimum Gasteiger partial charge on any atom is -0.390 e. The maximum Gasteiger partial charge on any atom is 0.315 e. The second kappa shape index (κ2) is 8.28. The van der Waals surface area contributed by atoms with Crippen molar-refractivity contribution < 1.29 is 9.90 Å². The largest absolute Gasteiger partial charge is 0.390 e. The Morgan fingerprint density at radius 1 is 1.21 bits per heavy atom. The first-order valence-corrected chi connectivity index (χ1v) is 9.10. The number of thiophene rings is 1. The Morgan fingerprint density at radius 3 is 2.83 bits per heavy atom. The van der Waals surface area contributed by atoms with Gasteiger partial charge >= 0.3 is 6.03 Å². The number of aliphatic hydroxyl groups is 1. The van der Waals surface area contributed by atoms with Crippen molar-refractivity contribution >= 4 is 17.4 Å². The Balaban J connectivity index is 1.37. The van der Waals surface area contributed by atoms with Crippen LogP contribution in [0.1, 0.15) is 16.0 Å². The third kappa shape index (κ3) is 4.80. The monoisotopic (exact) mass is 345 g/mol. The summed E-state index contributed by atoms with van der Waals surface area (Å²) >= 11 is 1.61. The minimum absolute atomic E-state index is 0.244. The lowest BCUT2D eigenvalue weighted by molar-refractivity contribution is 0.105. The summed E-state index contributed by atoms with van der Waals surface area (Å²) in [6.07, 6.45) is 0.445. The summed E-state index contributed by atoms with van der Waals surface area (Å²) in [5, 5.41) is 17.7. The van der Waals surface area contributed by atoms with Crippen LogP contribution in [0.2, 0.25) is 0 Å². The molecule has 128 valence electrons. The summed E-state index contributed by atoms with van der Waals surface area (Å²) in [5.74, 6) is 0. The van der Waals surface area contributed by atoms with Gasteiger partial charge in [0.2, 0.25) is 0 Å². The summed E-state index contributed by atoms with van der Waals surface area (Å²) in [7, 11) is 0. The van der Waals surface area contributed by atoms with Gasteiger partial charge in [-0.3, -0.25) is 4.90 Å². The van der Waals surface area contributed by atoms with Gasteiger partial charge in [0.1, 0.15) is 0 Å². The van der Waals surface area contributed by atoms with Gasteiger partial charge in [-0.1, -0.05) is 30.3 Å². The van der Waals surface area contributed by atoms with Crippen LogP contribution in [-0.2, 0) is 19.5 Å². The topological polar surface area (TPSA) is 64.6 Å². The van der Waals surface area contributed by atoms with E-state index in [4.69, 9.17) is 0 Å². The van der Waals surface area contributed by atoms with Crippen molar-refractivity contribution in [1.82, 2.24) is 15.5 Å². The van der Waals surface area contributed by atoms with Crippen molar-refractivity contribution in [3.63, 3.8) is 0 Å². The van der Waals surface area contributed by atoms with Gasteiger partial charge in [-0.05, 0) is 29.0 Å². The molecule has 6 heteroatoms. The van der Waals surface area contributed by atoms with E-state index >= 15 is 0 Å². The number of carbonyl (C=O) groups is 1. The molecule has 0 unspecified atom stereocenters. The Hall–Kier alpha value is -1.89. The Labute approximate surface area is 146 Å². The van der Waals surface area contributed by atoms with E-state index in [0.29, 0.717) is 13.1 Å². The smallest absolute Gasteiger partial charge is 0.315 e. The first-order valence-electron chi connectivity index (χ1n) is 8.22. The van der Waals surface area contributed by atoms with Crippen LogP contribution in [0.5, 0.6) is 0 Å². The summed E-state index contributed by atoms with van der Waals surface area (Å²) in [6, 6.07) is 12.1. The van der Waals surface area contributed by atoms with Crippen LogP contribution in [-0.4, -0.2) is 41.8 Å². The quantitative estimate of drug-likeness (QED) is 0.750. The summed E-state index contributed by atoms with van der Waals surface area (Å²) < 4.78 is 0. The number of urea groups is 1. The van der Waals surface area contributed by atoms with Crippen molar-refractivity contribution in [2.75, 3.05) is 19.6 Å². The molecule has 24 heavy (non-hydrogen) atoms. The standard InChI is InChI=1S/C18H23N3O2S/c22-16(10-19-18(23)20-11-17-6-3-9-24-17)13-21-8-7-14-4-1-2-5-15(14)12-21/h1-6,9,16,22H,7-8,10-13H2,(H2,19,20,23)/t16-/m1/s1. The molecule has 0 aliphatic carbocycles. The number of aliphatic hydroxyl groups excluding tert-OH is 1. The Bertz CT molecular complexity index is 660. The molecule has 0 saturated heterocycles. The first-order chi connectivity index (χ1) is 11.7. The van der Waals surface area contributed by atoms with Gasteiger partial charge in [0.15, 0.2) is 0 Å². The van der Waals surface area contributed by atoms with Crippen LogP contribution in [0.4, 0.5) is 4.79 Å². The van der Waals surface area contributed by atoms with E-state index in [0.717, 1.165) is 24.4 Å². The zero-order valence-corrected chi connectivity index (χ0v) is 14.4. The number of β-amino-alcohol motifs (C(OH)–C–C–N with tert-alkyl or cyclic N) is 1. The van der Waals surface area contributed by atoms with Gasteiger partial charge in [0, 0.05) is 31.1 Å². The highest BCUT2D eigenvalue weighted by Gasteiger charge is 2.18. The number of fused-ring (bicyclic) bond motifs is 1. The molecule has 0 fully saturated rings. The number of benzene rings is 1. The Kier molecular flexibility index (Phi) is 5.85. The van der Waals surface area contributed by atoms with E-state index in [1.165, 1.54) is 11.1 Å². The van der Waals surface area contributed by atoms with E-state index in [1.807, 2.05) is 17.5 Å². The maximum atomic E-state index is 11.8. The van der Waals surface area contributed by atoms with E-state index in [1.54, 1.807) is 11.3 Å². The number of rotatable bonds is 6. The highest BCUT2D eigenvalue weighted by molar-refractivity contribution is 7.09. The molecule has 2 aromatic rings. The van der Waals surface area contributed by atoms with Crippen molar-refractivity contribution in [1.29, 1.82) is 0 Å². The molecule has 5 nitrogen and oxygen atoms in total. The van der Waals surface area contributed by atoms with Gasteiger partial charge in [-0.2, -0.15) is 0 Å². The molecular formula is C18H23N3O2S. The second-order valence-corrected chi connectivity index (χ2v) is 7.08. The molecule has 1 atom stereocenters. The molecule has 3 rings (SSSR count). The zero-order valence-electron chi connectivity index (χ0n) is 13.6. The van der Waals surface area contributed by atoms with Crippen molar-refractivity contribution in [2.24, 2.45) is 0 Å². The molecule has 1 aliphatic heterocycles. The van der Waals surface area contributed by atoms with Gasteiger partial charge in [-0.25, -0.2) is 4.79 Å². The average molecular weight is 345 g/mol. The summed E-state index contributed by atoms with van der Waals surface area (Å²) in [4.78, 5) is 15.1. The van der Waals surface area contributed by atoms with Crippen LogP contribution in [0, 0.1) is 0 Å². The highest BCUT2D eigenvalue weighted by atomic mass is 32.1. The third-order valence-corrected chi connectivity index (χ3v) is 5.06. The molecule has 0 spiro atoms. The SMILES string of the molecule is O=C(NCc1cccs1)NC[C@@H](O)CN1CCc2ccccc2C1. The fourth-order valence-corrected chi connectivity index (χ4v) is 3.57. The fourth-order valence-electron chi connectivity index (χ4n) is 2.93. The molecule has 0 radical (unpaired) electrons. The zero-order chi connectivity index (χ0) is 16.8. The average Bonchev–Trinajstić information content (AvgIpc) is 3.11. The molecule has 0 saturated carbocycles. The van der Waals surface area contributed by atoms with Crippen molar-refractivity contribution in [2.45, 2.75) is 25.6 Å². The lowest BCUT2D eigenvalue weighted by atomic mass is 10.00. The molecule has 2 amide bonds. The van der Waals surface area contributed by atoms with Gasteiger partial charge in [-0.15, -0.1) is 11.3 Å². The lowest BCUT2D eigenvalue weighted by Gasteiger charge is -2.30. The number of hydrogen-bond acceptors (Lipinski definition) is 4.